The van der Waals surface area contributed by atoms with Crippen molar-refractivity contribution in [2.24, 2.45) is 4.99 Å². The van der Waals surface area contributed by atoms with E-state index in [-0.39, 0.29) is 5.91 Å². The summed E-state index contributed by atoms with van der Waals surface area (Å²) in [5, 5.41) is 6.61. The molecule has 2 heterocycles. The van der Waals surface area contributed by atoms with E-state index in [9.17, 15) is 4.79 Å². The summed E-state index contributed by atoms with van der Waals surface area (Å²) in [5.41, 5.74) is 1.57. The lowest BCUT2D eigenvalue weighted by molar-refractivity contribution is -0.115. The average molecular weight is 171 g/mol. The van der Waals surface area contributed by atoms with Crippen molar-refractivity contribution in [3.63, 3.8) is 0 Å². The van der Waals surface area contributed by atoms with Crippen LogP contribution in [0.4, 0.5) is 0 Å². The second kappa shape index (κ2) is 4.62. The standard InChI is InChI=1S/C3H3NOS.C2H2N2O/c5-3-1-6-2-4-3;1-3-4-2-5-1/h2H,1H2;1-2H. The first-order valence-electron chi connectivity index (χ1n) is 2.75. The van der Waals surface area contributed by atoms with E-state index in [1.807, 2.05) is 0 Å². The molecule has 0 fully saturated rings. The van der Waals surface area contributed by atoms with E-state index in [1.54, 1.807) is 5.55 Å². The van der Waals surface area contributed by atoms with Gasteiger partial charge in [-0.2, -0.15) is 0 Å². The van der Waals surface area contributed by atoms with E-state index >= 15 is 0 Å². The van der Waals surface area contributed by atoms with Crippen molar-refractivity contribution in [3.05, 3.63) is 12.8 Å². The quantitative estimate of drug-likeness (QED) is 0.563. The van der Waals surface area contributed by atoms with Crippen LogP contribution in [-0.4, -0.2) is 27.4 Å². The van der Waals surface area contributed by atoms with Crippen molar-refractivity contribution >= 4 is 23.2 Å². The molecule has 0 saturated heterocycles. The molecule has 0 aliphatic carbocycles. The predicted octanol–water partition coefficient (Wildman–Crippen LogP) is 0.358. The van der Waals surface area contributed by atoms with E-state index < -0.39 is 0 Å². The van der Waals surface area contributed by atoms with E-state index in [1.165, 1.54) is 24.5 Å². The number of carbonyl (C=O) groups is 1. The minimum Gasteiger partial charge on any atom is -0.431 e. The molecule has 1 aromatic rings. The molecule has 0 saturated carbocycles. The maximum absolute atomic E-state index is 10.0. The first-order chi connectivity index (χ1) is 5.39. The van der Waals surface area contributed by atoms with Crippen LogP contribution in [-0.2, 0) is 4.79 Å². The fraction of sp³-hybridized carbons (Fsp3) is 0.200. The van der Waals surface area contributed by atoms with Gasteiger partial charge in [-0.15, -0.1) is 22.0 Å². The maximum atomic E-state index is 10.0. The highest BCUT2D eigenvalue weighted by molar-refractivity contribution is 8.13. The second-order valence-electron chi connectivity index (χ2n) is 1.52. The number of thioether (sulfide) groups is 1. The van der Waals surface area contributed by atoms with Crippen LogP contribution in [0.3, 0.4) is 0 Å². The van der Waals surface area contributed by atoms with E-state index in [0.29, 0.717) is 5.75 Å². The highest BCUT2D eigenvalue weighted by atomic mass is 32.2. The largest absolute Gasteiger partial charge is 0.431 e. The number of nitrogens with zero attached hydrogens (tertiary/aromatic N) is 3. The minimum absolute atomic E-state index is 0.0139. The summed E-state index contributed by atoms with van der Waals surface area (Å²) < 4.78 is 4.36. The Kier molecular flexibility index (Phi) is 3.33. The van der Waals surface area contributed by atoms with Crippen molar-refractivity contribution in [2.45, 2.75) is 0 Å². The molecule has 0 atom stereocenters. The molecule has 0 bridgehead atoms. The van der Waals surface area contributed by atoms with Crippen LogP contribution in [0.15, 0.2) is 22.2 Å². The molecule has 11 heavy (non-hydrogen) atoms. The van der Waals surface area contributed by atoms with Gasteiger partial charge in [-0.3, -0.25) is 4.79 Å². The van der Waals surface area contributed by atoms with Crippen LogP contribution in [0.5, 0.6) is 0 Å². The molecule has 1 aliphatic heterocycles. The Bertz CT molecular complexity index is 217. The summed E-state index contributed by atoms with van der Waals surface area (Å²) in [6.45, 7) is 0. The molecule has 1 aliphatic rings. The van der Waals surface area contributed by atoms with Crippen LogP contribution in [0.1, 0.15) is 0 Å². The number of hydrogen-bond donors (Lipinski definition) is 0. The Morgan fingerprint density at radius 2 is 2.18 bits per heavy atom. The number of aromatic nitrogens is 2. The molecule has 1 aromatic heterocycles. The third-order valence-corrected chi connectivity index (χ3v) is 1.43. The van der Waals surface area contributed by atoms with Crippen LogP contribution in [0.2, 0.25) is 0 Å². The van der Waals surface area contributed by atoms with Crippen molar-refractivity contribution in [1.82, 2.24) is 10.2 Å². The number of aliphatic imine (C=N–C) groups is 1. The Morgan fingerprint density at radius 3 is 2.36 bits per heavy atom. The Hall–Kier alpha value is -1.17. The van der Waals surface area contributed by atoms with Crippen molar-refractivity contribution < 1.29 is 9.21 Å². The highest BCUT2D eigenvalue weighted by Gasteiger charge is 2.01. The fourth-order valence-electron chi connectivity index (χ4n) is 0.378. The van der Waals surface area contributed by atoms with Crippen molar-refractivity contribution in [3.8, 4) is 0 Å². The first-order valence-corrected chi connectivity index (χ1v) is 3.80. The third kappa shape index (κ3) is 3.51. The summed E-state index contributed by atoms with van der Waals surface area (Å²) in [4.78, 5) is 13.5. The van der Waals surface area contributed by atoms with Crippen molar-refractivity contribution in [2.75, 3.05) is 5.75 Å². The molecular formula is C5H5N3O2S. The fourth-order valence-corrected chi connectivity index (χ4v) is 0.862. The number of rotatable bonds is 0. The molecule has 5 nitrogen and oxygen atoms in total. The minimum atomic E-state index is -0.0139. The molecule has 0 N–H and O–H groups in total. The van der Waals surface area contributed by atoms with Gasteiger partial charge in [0.1, 0.15) is 0 Å². The lowest BCUT2D eigenvalue weighted by atomic mass is 10.8. The van der Waals surface area contributed by atoms with Gasteiger partial charge in [0.25, 0.3) is 5.91 Å². The Labute approximate surface area is 66.9 Å². The lowest BCUT2D eigenvalue weighted by Crippen LogP contribution is -1.86. The number of amides is 1. The molecule has 0 unspecified atom stereocenters. The van der Waals surface area contributed by atoms with Crippen LogP contribution < -0.4 is 0 Å². The first kappa shape index (κ1) is 7.93. The van der Waals surface area contributed by atoms with Gasteiger partial charge in [-0.25, -0.2) is 4.99 Å². The topological polar surface area (TPSA) is 68.3 Å². The SMILES string of the molecule is O=C1CSC=N1.c1nnco1. The number of hydrogen-bond acceptors (Lipinski definition) is 5. The zero-order valence-electron chi connectivity index (χ0n) is 5.51. The molecule has 0 spiro atoms. The van der Waals surface area contributed by atoms with Gasteiger partial charge in [0.2, 0.25) is 12.8 Å². The molecule has 2 rings (SSSR count). The summed E-state index contributed by atoms with van der Waals surface area (Å²) in [6.07, 6.45) is 2.53. The van der Waals surface area contributed by atoms with Crippen LogP contribution >= 0.6 is 11.8 Å². The average Bonchev–Trinajstić information content (AvgIpc) is 2.57. The molecule has 6 heteroatoms. The summed E-state index contributed by atoms with van der Waals surface area (Å²) in [7, 11) is 0. The Balaban J connectivity index is 0.000000112. The smallest absolute Gasteiger partial charge is 0.256 e. The van der Waals surface area contributed by atoms with Gasteiger partial charge < -0.3 is 4.42 Å². The van der Waals surface area contributed by atoms with E-state index in [0.717, 1.165) is 0 Å². The third-order valence-electron chi connectivity index (χ3n) is 0.761. The summed E-state index contributed by atoms with van der Waals surface area (Å²) in [5.74, 6) is 0.528. The maximum Gasteiger partial charge on any atom is 0.256 e. The van der Waals surface area contributed by atoms with Crippen molar-refractivity contribution in [1.29, 1.82) is 0 Å². The van der Waals surface area contributed by atoms with Gasteiger partial charge >= 0.3 is 0 Å². The zero-order chi connectivity index (χ0) is 7.94. The Morgan fingerprint density at radius 1 is 1.45 bits per heavy atom. The highest BCUT2D eigenvalue weighted by Crippen LogP contribution is 2.02. The molecule has 1 amide bonds. The van der Waals surface area contributed by atoms with Gasteiger partial charge in [0.15, 0.2) is 0 Å². The van der Waals surface area contributed by atoms with Gasteiger partial charge in [0.05, 0.1) is 11.3 Å². The van der Waals surface area contributed by atoms with Gasteiger partial charge in [-0.05, 0) is 0 Å². The molecule has 0 aromatic carbocycles. The summed E-state index contributed by atoms with van der Waals surface area (Å²) in [6, 6.07) is 0. The number of carbonyl (C=O) groups excluding carboxylic acids is 1. The van der Waals surface area contributed by atoms with E-state index in [4.69, 9.17) is 0 Å². The molecular weight excluding hydrogens is 166 g/mol. The zero-order valence-corrected chi connectivity index (χ0v) is 6.32. The monoisotopic (exact) mass is 171 g/mol. The lowest BCUT2D eigenvalue weighted by Gasteiger charge is -1.68. The van der Waals surface area contributed by atoms with Crippen LogP contribution in [0, 0.1) is 0 Å². The van der Waals surface area contributed by atoms with Crippen LogP contribution in [0.25, 0.3) is 0 Å². The van der Waals surface area contributed by atoms with Gasteiger partial charge in [0, 0.05) is 0 Å². The van der Waals surface area contributed by atoms with Gasteiger partial charge in [-0.1, -0.05) is 0 Å². The molecule has 58 valence electrons. The summed E-state index contributed by atoms with van der Waals surface area (Å²) >= 11 is 1.44. The second-order valence-corrected chi connectivity index (χ2v) is 2.35. The predicted molar refractivity (Wildman–Crippen MR) is 40.3 cm³/mol. The normalized spacial score (nSPS) is 14.4. The van der Waals surface area contributed by atoms with E-state index in [2.05, 4.69) is 19.6 Å². The molecule has 0 radical (unpaired) electrons.